The minimum Gasteiger partial charge on any atom is -0.381 e. The lowest BCUT2D eigenvalue weighted by atomic mass is 10.1. The van der Waals surface area contributed by atoms with Crippen LogP contribution in [0.5, 0.6) is 0 Å². The number of ether oxygens (including phenoxy) is 2. The Morgan fingerprint density at radius 2 is 2.21 bits per heavy atom. The molecule has 1 unspecified atom stereocenters. The molecule has 2 aliphatic heterocycles. The molecule has 2 aliphatic rings. The fraction of sp³-hybridized carbons (Fsp3) is 0.727. The molecule has 7 heteroatoms. The van der Waals surface area contributed by atoms with E-state index in [0.717, 1.165) is 77.2 Å². The molecule has 1 atom stereocenters. The van der Waals surface area contributed by atoms with Crippen LogP contribution < -0.4 is 15.5 Å². The molecule has 1 aromatic rings. The van der Waals surface area contributed by atoms with Gasteiger partial charge in [-0.15, -0.1) is 0 Å². The maximum absolute atomic E-state index is 5.77. The minimum absolute atomic E-state index is 0.581. The van der Waals surface area contributed by atoms with Crippen molar-refractivity contribution in [1.82, 2.24) is 15.6 Å². The van der Waals surface area contributed by atoms with Crippen LogP contribution in [0.25, 0.3) is 0 Å². The Labute approximate surface area is 175 Å². The second-order valence-electron chi connectivity index (χ2n) is 7.85. The van der Waals surface area contributed by atoms with Crippen LogP contribution in [0.1, 0.15) is 44.6 Å². The van der Waals surface area contributed by atoms with Crippen LogP contribution in [-0.4, -0.2) is 63.6 Å². The van der Waals surface area contributed by atoms with Gasteiger partial charge >= 0.3 is 0 Å². The zero-order valence-corrected chi connectivity index (χ0v) is 17.9. The van der Waals surface area contributed by atoms with Gasteiger partial charge in [0.05, 0.1) is 19.8 Å². The van der Waals surface area contributed by atoms with Crippen molar-refractivity contribution in [3.8, 4) is 0 Å². The van der Waals surface area contributed by atoms with E-state index < -0.39 is 0 Å². The van der Waals surface area contributed by atoms with Crippen molar-refractivity contribution < 1.29 is 9.47 Å². The highest BCUT2D eigenvalue weighted by Gasteiger charge is 2.15. The van der Waals surface area contributed by atoms with Crippen molar-refractivity contribution >= 4 is 11.8 Å². The van der Waals surface area contributed by atoms with Crippen molar-refractivity contribution in [2.75, 3.05) is 57.5 Å². The van der Waals surface area contributed by atoms with E-state index in [9.17, 15) is 0 Å². The third kappa shape index (κ3) is 7.82. The first-order chi connectivity index (χ1) is 14.3. The molecule has 0 spiro atoms. The van der Waals surface area contributed by atoms with E-state index in [4.69, 9.17) is 14.5 Å². The van der Waals surface area contributed by atoms with E-state index in [2.05, 4.69) is 39.6 Å². The molecule has 1 aromatic heterocycles. The fourth-order valence-corrected chi connectivity index (χ4v) is 3.71. The maximum atomic E-state index is 5.77. The van der Waals surface area contributed by atoms with Gasteiger partial charge in [0.2, 0.25) is 0 Å². The van der Waals surface area contributed by atoms with E-state index in [1.807, 2.05) is 6.20 Å². The first-order valence-electron chi connectivity index (χ1n) is 11.2. The highest BCUT2D eigenvalue weighted by atomic mass is 16.5. The van der Waals surface area contributed by atoms with Gasteiger partial charge in [-0.2, -0.15) is 0 Å². The van der Waals surface area contributed by atoms with Gasteiger partial charge in [-0.1, -0.05) is 0 Å². The number of anilines is 1. The highest BCUT2D eigenvalue weighted by Crippen LogP contribution is 2.18. The topological polar surface area (TPSA) is 71.0 Å². The Morgan fingerprint density at radius 1 is 1.31 bits per heavy atom. The summed E-state index contributed by atoms with van der Waals surface area (Å²) in [5, 5.41) is 6.73. The summed E-state index contributed by atoms with van der Waals surface area (Å²) >= 11 is 0. The van der Waals surface area contributed by atoms with Crippen LogP contribution in [0.15, 0.2) is 23.3 Å². The second-order valence-corrected chi connectivity index (χ2v) is 7.85. The number of guanidine groups is 1. The van der Waals surface area contributed by atoms with Crippen molar-refractivity contribution in [1.29, 1.82) is 0 Å². The Kier molecular flexibility index (Phi) is 9.53. The molecule has 2 fully saturated rings. The first kappa shape index (κ1) is 21.8. The predicted octanol–water partition coefficient (Wildman–Crippen LogP) is 2.57. The van der Waals surface area contributed by atoms with Crippen molar-refractivity contribution in [2.24, 2.45) is 10.9 Å². The molecule has 3 heterocycles. The molecule has 2 saturated heterocycles. The van der Waals surface area contributed by atoms with E-state index in [1.165, 1.54) is 24.8 Å². The number of nitrogens with one attached hydrogen (secondary N) is 2. The van der Waals surface area contributed by atoms with Crippen molar-refractivity contribution in [2.45, 2.75) is 45.6 Å². The highest BCUT2D eigenvalue weighted by molar-refractivity contribution is 5.79. The summed E-state index contributed by atoms with van der Waals surface area (Å²) in [4.78, 5) is 11.7. The molecule has 0 radical (unpaired) electrons. The third-order valence-electron chi connectivity index (χ3n) is 5.39. The average molecular weight is 404 g/mol. The second kappa shape index (κ2) is 12.6. The number of aromatic nitrogens is 1. The lowest BCUT2D eigenvalue weighted by molar-refractivity contribution is 0.0888. The monoisotopic (exact) mass is 403 g/mol. The Balaban J connectivity index is 1.40. The Hall–Kier alpha value is -1.86. The molecule has 2 N–H and O–H groups in total. The molecular weight excluding hydrogens is 366 g/mol. The van der Waals surface area contributed by atoms with E-state index >= 15 is 0 Å². The molecule has 3 rings (SSSR count). The normalized spacial score (nSPS) is 20.1. The van der Waals surface area contributed by atoms with Crippen molar-refractivity contribution in [3.05, 3.63) is 23.9 Å². The van der Waals surface area contributed by atoms with E-state index in [1.54, 1.807) is 0 Å². The van der Waals surface area contributed by atoms with Gasteiger partial charge in [0.25, 0.3) is 0 Å². The number of nitrogens with zero attached hydrogens (tertiary/aromatic N) is 3. The average Bonchev–Trinajstić information content (AvgIpc) is 3.29. The van der Waals surface area contributed by atoms with Gasteiger partial charge in [-0.05, 0) is 56.7 Å². The number of rotatable bonds is 10. The maximum Gasteiger partial charge on any atom is 0.191 e. The van der Waals surface area contributed by atoms with Gasteiger partial charge in [-0.3, -0.25) is 0 Å². The Bertz CT molecular complexity index is 613. The lowest BCUT2D eigenvalue weighted by Crippen LogP contribution is -2.38. The summed E-state index contributed by atoms with van der Waals surface area (Å²) in [5.41, 5.74) is 1.19. The molecule has 0 aromatic carbocycles. The third-order valence-corrected chi connectivity index (χ3v) is 5.39. The molecular formula is C22H37N5O2. The molecule has 0 saturated carbocycles. The quantitative estimate of drug-likeness (QED) is 0.355. The van der Waals surface area contributed by atoms with Gasteiger partial charge in [0.15, 0.2) is 5.96 Å². The largest absolute Gasteiger partial charge is 0.381 e. The summed E-state index contributed by atoms with van der Waals surface area (Å²) in [5.74, 6) is 2.52. The number of hydrogen-bond donors (Lipinski definition) is 2. The zero-order valence-electron chi connectivity index (χ0n) is 17.9. The molecule has 0 amide bonds. The van der Waals surface area contributed by atoms with Gasteiger partial charge < -0.3 is 25.0 Å². The van der Waals surface area contributed by atoms with Crippen LogP contribution in [-0.2, 0) is 16.0 Å². The summed E-state index contributed by atoms with van der Waals surface area (Å²) in [7, 11) is 0. The number of pyridine rings is 1. The standard InChI is InChI=1S/C22H37N5O2/c1-2-23-22(25-9-6-13-28-17-20-8-14-29-18-20)26-16-19-7-10-24-21(15-19)27-11-4-3-5-12-27/h7,10,15,20H,2-6,8-9,11-14,16-18H2,1H3,(H2,23,25,26). The summed E-state index contributed by atoms with van der Waals surface area (Å²) in [6.07, 6.45) is 7.85. The van der Waals surface area contributed by atoms with Crippen LogP contribution >= 0.6 is 0 Å². The lowest BCUT2D eigenvalue weighted by Gasteiger charge is -2.27. The van der Waals surface area contributed by atoms with E-state index in [-0.39, 0.29) is 0 Å². The van der Waals surface area contributed by atoms with Gasteiger partial charge in [0, 0.05) is 51.5 Å². The Morgan fingerprint density at radius 3 is 3.00 bits per heavy atom. The number of aliphatic imine (C=N–C) groups is 1. The SMILES string of the molecule is CCNC(=NCc1ccnc(N2CCCCC2)c1)NCCCOCC1CCOC1. The van der Waals surface area contributed by atoms with Crippen LogP contribution in [0.4, 0.5) is 5.82 Å². The summed E-state index contributed by atoms with van der Waals surface area (Å²) < 4.78 is 11.1. The van der Waals surface area contributed by atoms with E-state index in [0.29, 0.717) is 12.5 Å². The molecule has 0 bridgehead atoms. The number of piperidine rings is 1. The molecule has 162 valence electrons. The van der Waals surface area contributed by atoms with Crippen LogP contribution in [0.2, 0.25) is 0 Å². The van der Waals surface area contributed by atoms with Gasteiger partial charge in [0.1, 0.15) is 5.82 Å². The predicted molar refractivity (Wildman–Crippen MR) is 117 cm³/mol. The summed E-state index contributed by atoms with van der Waals surface area (Å²) in [6, 6.07) is 4.24. The van der Waals surface area contributed by atoms with Crippen LogP contribution in [0.3, 0.4) is 0 Å². The van der Waals surface area contributed by atoms with Crippen molar-refractivity contribution in [3.63, 3.8) is 0 Å². The van der Waals surface area contributed by atoms with Crippen LogP contribution in [0, 0.1) is 5.92 Å². The van der Waals surface area contributed by atoms with Gasteiger partial charge in [-0.25, -0.2) is 9.98 Å². The fourth-order valence-electron chi connectivity index (χ4n) is 3.71. The molecule has 0 aliphatic carbocycles. The number of hydrogen-bond acceptors (Lipinski definition) is 5. The first-order valence-corrected chi connectivity index (χ1v) is 11.2. The summed E-state index contributed by atoms with van der Waals surface area (Å²) in [6.45, 7) is 9.98. The minimum atomic E-state index is 0.581. The zero-order chi connectivity index (χ0) is 20.2. The molecule has 29 heavy (non-hydrogen) atoms. The smallest absolute Gasteiger partial charge is 0.191 e. The molecule has 7 nitrogen and oxygen atoms in total.